The Bertz CT molecular complexity index is 474. The number of hydrogen-bond donors (Lipinski definition) is 3. The van der Waals surface area contributed by atoms with E-state index in [9.17, 15) is 18.4 Å². The van der Waals surface area contributed by atoms with E-state index in [1.165, 1.54) is 13.0 Å². The predicted molar refractivity (Wildman–Crippen MR) is 63.1 cm³/mol. The smallest absolute Gasteiger partial charge is 0.305 e. The first kappa shape index (κ1) is 15.0. The highest BCUT2D eigenvalue weighted by Gasteiger charge is 2.22. The maximum absolute atomic E-state index is 13.4. The van der Waals surface area contributed by atoms with Gasteiger partial charge in [-0.1, -0.05) is 6.07 Å². The molecule has 1 rings (SSSR count). The average molecular weight is 272 g/mol. The van der Waals surface area contributed by atoms with Gasteiger partial charge in [-0.05, 0) is 19.1 Å². The van der Waals surface area contributed by atoms with E-state index in [1.54, 1.807) is 0 Å². The first-order valence-corrected chi connectivity index (χ1v) is 5.54. The van der Waals surface area contributed by atoms with E-state index < -0.39 is 42.0 Å². The number of rotatable bonds is 5. The topological polar surface area (TPSA) is 92.4 Å². The molecule has 0 radical (unpaired) electrons. The Morgan fingerprint density at radius 2 is 1.89 bits per heavy atom. The number of carboxylic acids is 1. The van der Waals surface area contributed by atoms with Crippen molar-refractivity contribution in [3.05, 3.63) is 35.4 Å². The Labute approximate surface area is 108 Å². The highest BCUT2D eigenvalue weighted by Crippen LogP contribution is 2.20. The number of halogens is 2. The third-order valence-corrected chi connectivity index (χ3v) is 2.52. The molecule has 1 aromatic carbocycles. The summed E-state index contributed by atoms with van der Waals surface area (Å²) in [4.78, 5) is 21.9. The van der Waals surface area contributed by atoms with Gasteiger partial charge in [0.25, 0.3) is 0 Å². The number of hydrogen-bond acceptors (Lipinski definition) is 3. The molecule has 7 heteroatoms. The number of nitrogens with one attached hydrogen (secondary N) is 1. The maximum atomic E-state index is 13.4. The fourth-order valence-corrected chi connectivity index (χ4v) is 1.60. The van der Waals surface area contributed by atoms with Crippen molar-refractivity contribution >= 4 is 11.9 Å². The van der Waals surface area contributed by atoms with Gasteiger partial charge in [0, 0.05) is 5.56 Å². The van der Waals surface area contributed by atoms with Crippen molar-refractivity contribution in [2.75, 3.05) is 0 Å². The lowest BCUT2D eigenvalue weighted by molar-refractivity contribution is -0.139. The SMILES string of the molecule is CC(NC(=O)C(N)CC(=O)O)c1c(F)cccc1F. The summed E-state index contributed by atoms with van der Waals surface area (Å²) in [5.74, 6) is -3.59. The van der Waals surface area contributed by atoms with Crippen LogP contribution in [-0.2, 0) is 9.59 Å². The van der Waals surface area contributed by atoms with E-state index in [0.717, 1.165) is 12.1 Å². The van der Waals surface area contributed by atoms with Crippen LogP contribution >= 0.6 is 0 Å². The molecule has 1 aromatic rings. The van der Waals surface area contributed by atoms with E-state index in [2.05, 4.69) is 5.32 Å². The molecule has 0 spiro atoms. The number of carboxylic acid groups (broad SMARTS) is 1. The second-order valence-electron chi connectivity index (χ2n) is 4.07. The molecule has 4 N–H and O–H groups in total. The molecule has 0 fully saturated rings. The van der Waals surface area contributed by atoms with Crippen LogP contribution in [-0.4, -0.2) is 23.0 Å². The van der Waals surface area contributed by atoms with Crippen LogP contribution in [0.3, 0.4) is 0 Å². The molecule has 0 saturated heterocycles. The zero-order valence-corrected chi connectivity index (χ0v) is 10.2. The third kappa shape index (κ3) is 3.99. The van der Waals surface area contributed by atoms with E-state index in [-0.39, 0.29) is 5.56 Å². The molecule has 0 aromatic heterocycles. The lowest BCUT2D eigenvalue weighted by Crippen LogP contribution is -2.43. The van der Waals surface area contributed by atoms with E-state index >= 15 is 0 Å². The number of carbonyl (C=O) groups is 2. The monoisotopic (exact) mass is 272 g/mol. The van der Waals surface area contributed by atoms with Gasteiger partial charge in [-0.2, -0.15) is 0 Å². The van der Waals surface area contributed by atoms with Crippen LogP contribution < -0.4 is 11.1 Å². The lowest BCUT2D eigenvalue weighted by Gasteiger charge is -2.18. The van der Waals surface area contributed by atoms with Crippen LogP contribution in [0.25, 0.3) is 0 Å². The fourth-order valence-electron chi connectivity index (χ4n) is 1.60. The molecule has 19 heavy (non-hydrogen) atoms. The molecule has 0 saturated carbocycles. The molecule has 0 heterocycles. The minimum Gasteiger partial charge on any atom is -0.481 e. The first-order chi connectivity index (χ1) is 8.82. The minimum absolute atomic E-state index is 0.293. The normalized spacial score (nSPS) is 13.7. The van der Waals surface area contributed by atoms with Crippen LogP contribution in [0.4, 0.5) is 8.78 Å². The second-order valence-corrected chi connectivity index (χ2v) is 4.07. The van der Waals surface area contributed by atoms with Gasteiger partial charge in [0.1, 0.15) is 11.6 Å². The average Bonchev–Trinajstić information content (AvgIpc) is 2.27. The van der Waals surface area contributed by atoms with Gasteiger partial charge in [-0.15, -0.1) is 0 Å². The van der Waals surface area contributed by atoms with Crippen molar-refractivity contribution in [2.24, 2.45) is 5.73 Å². The zero-order valence-electron chi connectivity index (χ0n) is 10.2. The third-order valence-electron chi connectivity index (χ3n) is 2.52. The quantitative estimate of drug-likeness (QED) is 0.744. The van der Waals surface area contributed by atoms with E-state index in [4.69, 9.17) is 10.8 Å². The molecule has 0 bridgehead atoms. The molecule has 104 valence electrons. The van der Waals surface area contributed by atoms with Gasteiger partial charge in [-0.3, -0.25) is 9.59 Å². The molecular formula is C12H14F2N2O3. The van der Waals surface area contributed by atoms with Crippen molar-refractivity contribution in [3.63, 3.8) is 0 Å². The number of aliphatic carboxylic acids is 1. The Morgan fingerprint density at radius 1 is 1.37 bits per heavy atom. The second kappa shape index (κ2) is 6.24. The number of amides is 1. The van der Waals surface area contributed by atoms with Crippen LogP contribution in [0, 0.1) is 11.6 Å². The molecule has 0 aliphatic carbocycles. The summed E-state index contributed by atoms with van der Waals surface area (Å²) in [5.41, 5.74) is 5.05. The summed E-state index contributed by atoms with van der Waals surface area (Å²) in [6.45, 7) is 1.38. The van der Waals surface area contributed by atoms with E-state index in [0.29, 0.717) is 0 Å². The molecule has 0 aliphatic heterocycles. The Balaban J connectivity index is 2.77. The van der Waals surface area contributed by atoms with Crippen molar-refractivity contribution in [3.8, 4) is 0 Å². The Hall–Kier alpha value is -2.02. The van der Waals surface area contributed by atoms with E-state index in [1.807, 2.05) is 0 Å². The summed E-state index contributed by atoms with van der Waals surface area (Å²) < 4.78 is 26.9. The molecule has 0 aliphatic rings. The van der Waals surface area contributed by atoms with Crippen molar-refractivity contribution in [2.45, 2.75) is 25.4 Å². The Kier molecular flexibility index (Phi) is 4.94. The van der Waals surface area contributed by atoms with Gasteiger partial charge in [-0.25, -0.2) is 8.78 Å². The largest absolute Gasteiger partial charge is 0.481 e. The summed E-state index contributed by atoms with van der Waals surface area (Å²) >= 11 is 0. The van der Waals surface area contributed by atoms with Crippen LogP contribution in [0.5, 0.6) is 0 Å². The summed E-state index contributed by atoms with van der Waals surface area (Å²) in [6, 6.07) is 1.12. The van der Waals surface area contributed by atoms with Gasteiger partial charge in [0.15, 0.2) is 0 Å². The number of carbonyl (C=O) groups excluding carboxylic acids is 1. The standard InChI is InChI=1S/C12H14F2N2O3/c1-6(11-7(13)3-2-4-8(11)14)16-12(19)9(15)5-10(17)18/h2-4,6,9H,5,15H2,1H3,(H,16,19)(H,17,18). The van der Waals surface area contributed by atoms with Gasteiger partial charge >= 0.3 is 5.97 Å². The van der Waals surface area contributed by atoms with Crippen LogP contribution in [0.1, 0.15) is 24.9 Å². The maximum Gasteiger partial charge on any atom is 0.305 e. The van der Waals surface area contributed by atoms with Crippen LogP contribution in [0.2, 0.25) is 0 Å². The minimum atomic E-state index is -1.27. The van der Waals surface area contributed by atoms with Gasteiger partial charge in [0.05, 0.1) is 18.5 Å². The molecule has 2 atom stereocenters. The number of benzene rings is 1. The summed E-state index contributed by atoms with van der Waals surface area (Å²) in [5, 5.41) is 10.8. The Morgan fingerprint density at radius 3 is 2.37 bits per heavy atom. The molecule has 1 amide bonds. The van der Waals surface area contributed by atoms with Crippen molar-refractivity contribution < 1.29 is 23.5 Å². The predicted octanol–water partition coefficient (Wildman–Crippen LogP) is 0.944. The lowest BCUT2D eigenvalue weighted by atomic mass is 10.1. The van der Waals surface area contributed by atoms with Crippen LogP contribution in [0.15, 0.2) is 18.2 Å². The van der Waals surface area contributed by atoms with Crippen molar-refractivity contribution in [1.82, 2.24) is 5.32 Å². The molecule has 2 unspecified atom stereocenters. The highest BCUT2D eigenvalue weighted by molar-refractivity contribution is 5.86. The highest BCUT2D eigenvalue weighted by atomic mass is 19.1. The molecular weight excluding hydrogens is 258 g/mol. The fraction of sp³-hybridized carbons (Fsp3) is 0.333. The van der Waals surface area contributed by atoms with Crippen molar-refractivity contribution in [1.29, 1.82) is 0 Å². The molecule has 5 nitrogen and oxygen atoms in total. The first-order valence-electron chi connectivity index (χ1n) is 5.54. The van der Waals surface area contributed by atoms with Gasteiger partial charge < -0.3 is 16.2 Å². The summed E-state index contributed by atoms with van der Waals surface area (Å²) in [6.07, 6.45) is -0.557. The van der Waals surface area contributed by atoms with Gasteiger partial charge in [0.2, 0.25) is 5.91 Å². The summed E-state index contributed by atoms with van der Waals surface area (Å²) in [7, 11) is 0. The number of nitrogens with two attached hydrogens (primary N) is 1. The zero-order chi connectivity index (χ0) is 14.6.